The van der Waals surface area contributed by atoms with Gasteiger partial charge in [0.15, 0.2) is 0 Å². The molecule has 0 amide bonds. The summed E-state index contributed by atoms with van der Waals surface area (Å²) in [5, 5.41) is 0.565. The SMILES string of the molecule is CC(=O)Oc1ccc(-c2ccc(C(=O)O[C@@H](C)c3ccccc3Cl)cc2)cc1. The molecule has 0 aliphatic heterocycles. The van der Waals surface area contributed by atoms with Crippen LogP contribution in [0.4, 0.5) is 0 Å². The van der Waals surface area contributed by atoms with Gasteiger partial charge in [0, 0.05) is 17.5 Å². The average Bonchev–Trinajstić information content (AvgIpc) is 2.68. The number of hydrogen-bond donors (Lipinski definition) is 0. The van der Waals surface area contributed by atoms with E-state index in [1.165, 1.54) is 6.92 Å². The largest absolute Gasteiger partial charge is 0.454 e. The lowest BCUT2D eigenvalue weighted by molar-refractivity contribution is -0.131. The van der Waals surface area contributed by atoms with Gasteiger partial charge < -0.3 is 9.47 Å². The summed E-state index contributed by atoms with van der Waals surface area (Å²) >= 11 is 6.16. The normalized spacial score (nSPS) is 11.5. The number of benzene rings is 3. The molecule has 142 valence electrons. The Labute approximate surface area is 168 Å². The van der Waals surface area contributed by atoms with E-state index in [4.69, 9.17) is 21.1 Å². The summed E-state index contributed by atoms with van der Waals surface area (Å²) in [4.78, 5) is 23.4. The van der Waals surface area contributed by atoms with Crippen molar-refractivity contribution in [1.82, 2.24) is 0 Å². The van der Waals surface area contributed by atoms with E-state index in [2.05, 4.69) is 0 Å². The summed E-state index contributed by atoms with van der Waals surface area (Å²) in [6, 6.07) is 21.6. The molecule has 0 fully saturated rings. The Kier molecular flexibility index (Phi) is 6.12. The molecular weight excluding hydrogens is 376 g/mol. The van der Waals surface area contributed by atoms with Gasteiger partial charge in [-0.15, -0.1) is 0 Å². The molecule has 0 aliphatic rings. The third kappa shape index (κ3) is 4.78. The van der Waals surface area contributed by atoms with E-state index < -0.39 is 12.1 Å². The van der Waals surface area contributed by atoms with Crippen LogP contribution in [0.15, 0.2) is 72.8 Å². The Morgan fingerprint density at radius 2 is 1.43 bits per heavy atom. The molecule has 0 radical (unpaired) electrons. The Bertz CT molecular complexity index is 978. The molecule has 4 nitrogen and oxygen atoms in total. The van der Waals surface area contributed by atoms with E-state index in [1.54, 1.807) is 37.3 Å². The number of esters is 2. The summed E-state index contributed by atoms with van der Waals surface area (Å²) in [5.74, 6) is -0.282. The van der Waals surface area contributed by atoms with Crippen molar-refractivity contribution < 1.29 is 19.1 Å². The van der Waals surface area contributed by atoms with Crippen LogP contribution in [0.1, 0.15) is 35.9 Å². The molecule has 0 heterocycles. The van der Waals surface area contributed by atoms with Gasteiger partial charge in [-0.25, -0.2) is 4.79 Å². The molecule has 0 aromatic heterocycles. The minimum absolute atomic E-state index is 0.360. The van der Waals surface area contributed by atoms with Crippen LogP contribution in [-0.4, -0.2) is 11.9 Å². The summed E-state index contributed by atoms with van der Waals surface area (Å²) in [7, 11) is 0. The lowest BCUT2D eigenvalue weighted by Gasteiger charge is -2.15. The Balaban J connectivity index is 1.69. The van der Waals surface area contributed by atoms with E-state index in [0.29, 0.717) is 16.3 Å². The highest BCUT2D eigenvalue weighted by molar-refractivity contribution is 6.31. The van der Waals surface area contributed by atoms with Crippen molar-refractivity contribution in [3.63, 3.8) is 0 Å². The Hall–Kier alpha value is -3.11. The van der Waals surface area contributed by atoms with E-state index in [-0.39, 0.29) is 5.97 Å². The van der Waals surface area contributed by atoms with E-state index >= 15 is 0 Å². The van der Waals surface area contributed by atoms with Gasteiger partial charge in [0.05, 0.1) is 5.56 Å². The molecule has 0 aliphatic carbocycles. The summed E-state index contributed by atoms with van der Waals surface area (Å²) in [6.07, 6.45) is -0.449. The maximum atomic E-state index is 12.4. The maximum absolute atomic E-state index is 12.4. The van der Waals surface area contributed by atoms with Crippen LogP contribution < -0.4 is 4.74 Å². The summed E-state index contributed by atoms with van der Waals surface area (Å²) in [6.45, 7) is 3.15. The molecule has 28 heavy (non-hydrogen) atoms. The lowest BCUT2D eigenvalue weighted by Crippen LogP contribution is -2.09. The smallest absolute Gasteiger partial charge is 0.338 e. The molecule has 3 rings (SSSR count). The molecule has 3 aromatic carbocycles. The van der Waals surface area contributed by atoms with Gasteiger partial charge in [-0.3, -0.25) is 4.79 Å². The van der Waals surface area contributed by atoms with Gasteiger partial charge in [0.25, 0.3) is 0 Å². The van der Waals surface area contributed by atoms with Crippen molar-refractivity contribution in [3.8, 4) is 16.9 Å². The zero-order valence-electron chi connectivity index (χ0n) is 15.5. The molecule has 3 aromatic rings. The first kappa shape index (κ1) is 19.6. The lowest BCUT2D eigenvalue weighted by atomic mass is 10.0. The second-order valence-corrected chi connectivity index (χ2v) is 6.67. The van der Waals surface area contributed by atoms with Gasteiger partial charge in [-0.2, -0.15) is 0 Å². The summed E-state index contributed by atoms with van der Waals surface area (Å²) in [5.41, 5.74) is 3.10. The van der Waals surface area contributed by atoms with E-state index in [1.807, 2.05) is 42.5 Å². The van der Waals surface area contributed by atoms with E-state index in [0.717, 1.165) is 16.7 Å². The first-order valence-corrected chi connectivity index (χ1v) is 9.16. The fourth-order valence-corrected chi connectivity index (χ4v) is 3.07. The van der Waals surface area contributed by atoms with Crippen molar-refractivity contribution >= 4 is 23.5 Å². The van der Waals surface area contributed by atoms with Crippen molar-refractivity contribution in [1.29, 1.82) is 0 Å². The molecule has 0 saturated carbocycles. The van der Waals surface area contributed by atoms with Gasteiger partial charge in [-0.05, 0) is 48.4 Å². The van der Waals surface area contributed by atoms with Crippen LogP contribution >= 0.6 is 11.6 Å². The van der Waals surface area contributed by atoms with Crippen LogP contribution in [0, 0.1) is 0 Å². The molecule has 0 bridgehead atoms. The van der Waals surface area contributed by atoms with Crippen molar-refractivity contribution in [3.05, 3.63) is 88.9 Å². The van der Waals surface area contributed by atoms with Crippen LogP contribution in [-0.2, 0) is 9.53 Å². The first-order chi connectivity index (χ1) is 13.4. The monoisotopic (exact) mass is 394 g/mol. The molecule has 0 saturated heterocycles. The van der Waals surface area contributed by atoms with Crippen molar-refractivity contribution in [2.24, 2.45) is 0 Å². The van der Waals surface area contributed by atoms with Crippen LogP contribution in [0.25, 0.3) is 11.1 Å². The first-order valence-electron chi connectivity index (χ1n) is 8.78. The minimum Gasteiger partial charge on any atom is -0.454 e. The average molecular weight is 395 g/mol. The van der Waals surface area contributed by atoms with E-state index in [9.17, 15) is 9.59 Å². The quantitative estimate of drug-likeness (QED) is 0.402. The van der Waals surface area contributed by atoms with Crippen molar-refractivity contribution in [2.45, 2.75) is 20.0 Å². The number of hydrogen-bond acceptors (Lipinski definition) is 4. The number of carbonyl (C=O) groups excluding carboxylic acids is 2. The Morgan fingerprint density at radius 1 is 0.857 bits per heavy atom. The third-order valence-corrected chi connectivity index (χ3v) is 4.54. The maximum Gasteiger partial charge on any atom is 0.338 e. The number of carbonyl (C=O) groups is 2. The molecule has 5 heteroatoms. The van der Waals surface area contributed by atoms with Crippen LogP contribution in [0.2, 0.25) is 5.02 Å². The minimum atomic E-state index is -0.449. The molecular formula is C23H19ClO4. The standard InChI is InChI=1S/C23H19ClO4/c1-15(21-5-3-4-6-22(21)24)27-23(26)19-9-7-17(8-10-19)18-11-13-20(14-12-18)28-16(2)25/h3-15H,1-2H3/t15-/m0/s1. The topological polar surface area (TPSA) is 52.6 Å². The molecule has 0 N–H and O–H groups in total. The predicted octanol–water partition coefficient (Wildman–Crippen LogP) is 5.85. The second kappa shape index (κ2) is 8.72. The fraction of sp³-hybridized carbons (Fsp3) is 0.130. The molecule has 0 unspecified atom stereocenters. The zero-order chi connectivity index (χ0) is 20.1. The van der Waals surface area contributed by atoms with Crippen LogP contribution in [0.5, 0.6) is 5.75 Å². The number of rotatable bonds is 5. The van der Waals surface area contributed by atoms with Gasteiger partial charge >= 0.3 is 11.9 Å². The highest BCUT2D eigenvalue weighted by Crippen LogP contribution is 2.27. The molecule has 1 atom stereocenters. The highest BCUT2D eigenvalue weighted by Gasteiger charge is 2.16. The van der Waals surface area contributed by atoms with Gasteiger partial charge in [-0.1, -0.05) is 54.1 Å². The van der Waals surface area contributed by atoms with Crippen molar-refractivity contribution in [2.75, 3.05) is 0 Å². The predicted molar refractivity (Wildman–Crippen MR) is 108 cm³/mol. The number of halogens is 1. The second-order valence-electron chi connectivity index (χ2n) is 6.26. The van der Waals surface area contributed by atoms with Crippen LogP contribution in [0.3, 0.4) is 0 Å². The zero-order valence-corrected chi connectivity index (χ0v) is 16.3. The van der Waals surface area contributed by atoms with Gasteiger partial charge in [0.1, 0.15) is 11.9 Å². The Morgan fingerprint density at radius 3 is 2.00 bits per heavy atom. The highest BCUT2D eigenvalue weighted by atomic mass is 35.5. The van der Waals surface area contributed by atoms with Gasteiger partial charge in [0.2, 0.25) is 0 Å². The molecule has 0 spiro atoms. The number of ether oxygens (including phenoxy) is 2. The summed E-state index contributed by atoms with van der Waals surface area (Å²) < 4.78 is 10.6. The fourth-order valence-electron chi connectivity index (χ4n) is 2.78. The third-order valence-electron chi connectivity index (χ3n) is 4.20.